The largest absolute Gasteiger partial charge is 0.325 e. The van der Waals surface area contributed by atoms with Crippen molar-refractivity contribution in [2.75, 3.05) is 11.1 Å². The summed E-state index contributed by atoms with van der Waals surface area (Å²) in [6.07, 6.45) is 5.23. The van der Waals surface area contributed by atoms with Crippen LogP contribution in [0, 0.1) is 13.8 Å². The van der Waals surface area contributed by atoms with Gasteiger partial charge in [-0.15, -0.1) is 16.8 Å². The Bertz CT molecular complexity index is 952. The number of nitrogens with zero attached hydrogens (tertiary/aromatic N) is 4. The highest BCUT2D eigenvalue weighted by Gasteiger charge is 2.15. The Labute approximate surface area is 162 Å². The molecule has 2 aromatic heterocycles. The van der Waals surface area contributed by atoms with Crippen LogP contribution in [0.5, 0.6) is 0 Å². The number of nitrogens with one attached hydrogen (secondary N) is 1. The third-order valence-corrected chi connectivity index (χ3v) is 5.04. The Balaban J connectivity index is 1.70. The second-order valence-corrected chi connectivity index (χ2v) is 7.03. The first-order valence-corrected chi connectivity index (χ1v) is 9.51. The maximum absolute atomic E-state index is 12.3. The average Bonchev–Trinajstić information content (AvgIpc) is 3.07. The zero-order valence-electron chi connectivity index (χ0n) is 15.3. The Hall–Kier alpha value is -2.93. The van der Waals surface area contributed by atoms with Gasteiger partial charge in [0.2, 0.25) is 5.91 Å². The fourth-order valence-electron chi connectivity index (χ4n) is 2.54. The molecule has 138 valence electrons. The average molecular weight is 379 g/mol. The Morgan fingerprint density at radius 2 is 2.11 bits per heavy atom. The molecular formula is C20H21N5OS. The Morgan fingerprint density at radius 3 is 2.81 bits per heavy atom. The lowest BCUT2D eigenvalue weighted by Gasteiger charge is -2.09. The first kappa shape index (κ1) is 18.8. The summed E-state index contributed by atoms with van der Waals surface area (Å²) in [7, 11) is 0. The van der Waals surface area contributed by atoms with E-state index in [2.05, 4.69) is 27.1 Å². The lowest BCUT2D eigenvalue weighted by molar-refractivity contribution is -0.113. The van der Waals surface area contributed by atoms with E-state index in [0.29, 0.717) is 17.5 Å². The summed E-state index contributed by atoms with van der Waals surface area (Å²) in [5.41, 5.74) is 4.01. The van der Waals surface area contributed by atoms with Crippen molar-refractivity contribution in [3.63, 3.8) is 0 Å². The van der Waals surface area contributed by atoms with Crippen molar-refractivity contribution in [2.45, 2.75) is 25.5 Å². The van der Waals surface area contributed by atoms with Crippen molar-refractivity contribution in [3.8, 4) is 11.4 Å². The second-order valence-electron chi connectivity index (χ2n) is 6.08. The van der Waals surface area contributed by atoms with Crippen LogP contribution in [0.15, 0.2) is 60.5 Å². The van der Waals surface area contributed by atoms with E-state index < -0.39 is 0 Å². The number of allylic oxidation sites excluding steroid dienone is 1. The molecule has 0 saturated heterocycles. The number of aryl methyl sites for hydroxylation is 2. The maximum atomic E-state index is 12.3. The quantitative estimate of drug-likeness (QED) is 0.498. The van der Waals surface area contributed by atoms with Gasteiger partial charge in [-0.05, 0) is 49.2 Å². The zero-order chi connectivity index (χ0) is 19.2. The van der Waals surface area contributed by atoms with Crippen LogP contribution in [0.4, 0.5) is 5.69 Å². The van der Waals surface area contributed by atoms with Crippen LogP contribution in [-0.2, 0) is 11.3 Å². The lowest BCUT2D eigenvalue weighted by atomic mass is 10.1. The van der Waals surface area contributed by atoms with E-state index in [1.54, 1.807) is 18.5 Å². The minimum absolute atomic E-state index is 0.0840. The predicted octanol–water partition coefficient (Wildman–Crippen LogP) is 3.87. The topological polar surface area (TPSA) is 72.7 Å². The summed E-state index contributed by atoms with van der Waals surface area (Å²) in [4.78, 5) is 16.4. The SMILES string of the molecule is C=CCn1c(SCC(=O)Nc2ccc(C)c(C)c2)nnc1-c1cccnc1. The fraction of sp³-hybridized carbons (Fsp3) is 0.200. The standard InChI is InChI=1S/C20H21N5OS/c1-4-10-25-19(16-6-5-9-21-12-16)23-24-20(25)27-13-18(26)22-17-8-7-14(2)15(3)11-17/h4-9,11-12H,1,10,13H2,2-3H3,(H,22,26). The van der Waals surface area contributed by atoms with Crippen LogP contribution in [0.1, 0.15) is 11.1 Å². The molecule has 3 rings (SSSR count). The van der Waals surface area contributed by atoms with Crippen LogP contribution in [0.25, 0.3) is 11.4 Å². The summed E-state index contributed by atoms with van der Waals surface area (Å²) in [6.45, 7) is 8.42. The zero-order valence-corrected chi connectivity index (χ0v) is 16.2. The minimum Gasteiger partial charge on any atom is -0.325 e. The first-order chi connectivity index (χ1) is 13.1. The molecular weight excluding hydrogens is 358 g/mol. The minimum atomic E-state index is -0.0840. The Morgan fingerprint density at radius 1 is 1.26 bits per heavy atom. The van der Waals surface area contributed by atoms with Gasteiger partial charge in [0, 0.05) is 30.2 Å². The number of hydrogen-bond donors (Lipinski definition) is 1. The van der Waals surface area contributed by atoms with Crippen molar-refractivity contribution in [2.24, 2.45) is 0 Å². The smallest absolute Gasteiger partial charge is 0.234 e. The third kappa shape index (κ3) is 4.62. The number of rotatable bonds is 7. The molecule has 6 nitrogen and oxygen atoms in total. The van der Waals surface area contributed by atoms with Gasteiger partial charge in [0.15, 0.2) is 11.0 Å². The number of thioether (sulfide) groups is 1. The molecule has 3 aromatic rings. The molecule has 7 heteroatoms. The second kappa shape index (κ2) is 8.64. The van der Waals surface area contributed by atoms with Gasteiger partial charge >= 0.3 is 0 Å². The summed E-state index contributed by atoms with van der Waals surface area (Å²) >= 11 is 1.35. The van der Waals surface area contributed by atoms with Crippen molar-refractivity contribution in [1.29, 1.82) is 0 Å². The monoisotopic (exact) mass is 379 g/mol. The molecule has 0 bridgehead atoms. The van der Waals surface area contributed by atoms with Crippen LogP contribution < -0.4 is 5.32 Å². The molecule has 1 aromatic carbocycles. The summed E-state index contributed by atoms with van der Waals surface area (Å²) in [5.74, 6) is 0.870. The van der Waals surface area contributed by atoms with E-state index in [-0.39, 0.29) is 11.7 Å². The summed E-state index contributed by atoms with van der Waals surface area (Å²) in [6, 6.07) is 9.66. The van der Waals surface area contributed by atoms with Crippen molar-refractivity contribution in [1.82, 2.24) is 19.7 Å². The number of carbonyl (C=O) groups excluding carboxylic acids is 1. The van der Waals surface area contributed by atoms with Gasteiger partial charge in [0.25, 0.3) is 0 Å². The Kier molecular flexibility index (Phi) is 6.03. The van der Waals surface area contributed by atoms with E-state index in [4.69, 9.17) is 0 Å². The highest BCUT2D eigenvalue weighted by molar-refractivity contribution is 7.99. The molecule has 0 radical (unpaired) electrons. The van der Waals surface area contributed by atoms with Gasteiger partial charge in [0.1, 0.15) is 0 Å². The molecule has 1 amide bonds. The van der Waals surface area contributed by atoms with Crippen LogP contribution in [-0.4, -0.2) is 31.4 Å². The number of aromatic nitrogens is 4. The van der Waals surface area contributed by atoms with E-state index in [1.807, 2.05) is 48.7 Å². The number of amides is 1. The molecule has 0 aliphatic rings. The summed E-state index contributed by atoms with van der Waals surface area (Å²) < 4.78 is 1.93. The molecule has 0 atom stereocenters. The number of anilines is 1. The van der Waals surface area contributed by atoms with Crippen molar-refractivity contribution >= 4 is 23.4 Å². The van der Waals surface area contributed by atoms with Crippen molar-refractivity contribution in [3.05, 3.63) is 66.5 Å². The molecule has 27 heavy (non-hydrogen) atoms. The molecule has 0 spiro atoms. The van der Waals surface area contributed by atoms with Crippen molar-refractivity contribution < 1.29 is 4.79 Å². The van der Waals surface area contributed by atoms with Gasteiger partial charge in [-0.1, -0.05) is 23.9 Å². The number of benzene rings is 1. The molecule has 0 aliphatic carbocycles. The van der Waals surface area contributed by atoms with E-state index in [0.717, 1.165) is 16.8 Å². The molecule has 0 fully saturated rings. The normalized spacial score (nSPS) is 10.6. The number of pyridine rings is 1. The maximum Gasteiger partial charge on any atom is 0.234 e. The molecule has 2 heterocycles. The van der Waals surface area contributed by atoms with Gasteiger partial charge in [-0.3, -0.25) is 14.3 Å². The van der Waals surface area contributed by atoms with Crippen LogP contribution in [0.3, 0.4) is 0 Å². The highest BCUT2D eigenvalue weighted by Crippen LogP contribution is 2.24. The van der Waals surface area contributed by atoms with Gasteiger partial charge < -0.3 is 5.32 Å². The number of hydrogen-bond acceptors (Lipinski definition) is 5. The molecule has 0 aliphatic heterocycles. The molecule has 0 unspecified atom stereocenters. The van der Waals surface area contributed by atoms with E-state index >= 15 is 0 Å². The molecule has 1 N–H and O–H groups in total. The highest BCUT2D eigenvalue weighted by atomic mass is 32.2. The van der Waals surface area contributed by atoms with Crippen LogP contribution >= 0.6 is 11.8 Å². The first-order valence-electron chi connectivity index (χ1n) is 8.53. The summed E-state index contributed by atoms with van der Waals surface area (Å²) in [5, 5.41) is 12.1. The van der Waals surface area contributed by atoms with Gasteiger partial charge in [-0.25, -0.2) is 0 Å². The van der Waals surface area contributed by atoms with E-state index in [9.17, 15) is 4.79 Å². The predicted molar refractivity (Wildman–Crippen MR) is 109 cm³/mol. The lowest BCUT2D eigenvalue weighted by Crippen LogP contribution is -2.14. The van der Waals surface area contributed by atoms with Gasteiger partial charge in [-0.2, -0.15) is 0 Å². The third-order valence-electron chi connectivity index (χ3n) is 4.07. The van der Waals surface area contributed by atoms with Gasteiger partial charge in [0.05, 0.1) is 5.75 Å². The fourth-order valence-corrected chi connectivity index (χ4v) is 3.29. The molecule has 0 saturated carbocycles. The van der Waals surface area contributed by atoms with Crippen LogP contribution in [0.2, 0.25) is 0 Å². The number of carbonyl (C=O) groups is 1. The van der Waals surface area contributed by atoms with E-state index in [1.165, 1.54) is 17.3 Å².